The lowest BCUT2D eigenvalue weighted by atomic mass is 10.0. The van der Waals surface area contributed by atoms with Crippen molar-refractivity contribution in [2.24, 2.45) is 5.92 Å². The van der Waals surface area contributed by atoms with Crippen molar-refractivity contribution in [2.75, 3.05) is 5.73 Å². The highest BCUT2D eigenvalue weighted by Crippen LogP contribution is 2.13. The first-order valence-corrected chi connectivity index (χ1v) is 3.86. The first-order valence-electron chi connectivity index (χ1n) is 3.86. The molecule has 1 aromatic heterocycles. The van der Waals surface area contributed by atoms with E-state index < -0.39 is 0 Å². The molecule has 0 spiro atoms. The van der Waals surface area contributed by atoms with Crippen LogP contribution in [0.4, 0.5) is 5.69 Å². The molecule has 0 saturated heterocycles. The summed E-state index contributed by atoms with van der Waals surface area (Å²) in [6.45, 7) is 3.68. The molecule has 0 amide bonds. The number of aromatic nitrogens is 1. The molecule has 2 N–H and O–H groups in total. The van der Waals surface area contributed by atoms with Crippen molar-refractivity contribution in [3.63, 3.8) is 0 Å². The molecular weight excluding hydrogens is 152 g/mol. The van der Waals surface area contributed by atoms with Crippen molar-refractivity contribution >= 4 is 11.5 Å². The van der Waals surface area contributed by atoms with E-state index in [2.05, 4.69) is 4.98 Å². The molecule has 0 saturated carbocycles. The highest BCUT2D eigenvalue weighted by atomic mass is 16.1. The predicted molar refractivity (Wildman–Crippen MR) is 47.8 cm³/mol. The van der Waals surface area contributed by atoms with Crippen molar-refractivity contribution < 1.29 is 4.79 Å². The summed E-state index contributed by atoms with van der Waals surface area (Å²) in [7, 11) is 0. The van der Waals surface area contributed by atoms with Crippen molar-refractivity contribution in [1.82, 2.24) is 4.98 Å². The minimum Gasteiger partial charge on any atom is -0.398 e. The lowest BCUT2D eigenvalue weighted by Gasteiger charge is -2.05. The summed E-state index contributed by atoms with van der Waals surface area (Å²) in [6, 6.07) is 1.63. The van der Waals surface area contributed by atoms with Crippen molar-refractivity contribution in [3.8, 4) is 0 Å². The second kappa shape index (κ2) is 3.34. The number of Topliss-reactive ketones (excluding diaryl/α,β-unsaturated/α-hetero) is 1. The van der Waals surface area contributed by atoms with Gasteiger partial charge in [-0.15, -0.1) is 0 Å². The molecule has 0 unspecified atom stereocenters. The molecule has 0 fully saturated rings. The van der Waals surface area contributed by atoms with Gasteiger partial charge in [0.25, 0.3) is 0 Å². The Labute approximate surface area is 71.6 Å². The molecule has 0 aliphatic heterocycles. The molecule has 1 rings (SSSR count). The summed E-state index contributed by atoms with van der Waals surface area (Å²) < 4.78 is 0. The summed E-state index contributed by atoms with van der Waals surface area (Å²) in [5, 5.41) is 0. The van der Waals surface area contributed by atoms with E-state index in [1.807, 2.05) is 13.8 Å². The topological polar surface area (TPSA) is 56.0 Å². The van der Waals surface area contributed by atoms with E-state index in [0.29, 0.717) is 11.3 Å². The number of hydrogen-bond donors (Lipinski definition) is 1. The smallest absolute Gasteiger partial charge is 0.169 e. The van der Waals surface area contributed by atoms with E-state index in [-0.39, 0.29) is 11.7 Å². The van der Waals surface area contributed by atoms with E-state index in [0.717, 1.165) is 0 Å². The quantitative estimate of drug-likeness (QED) is 0.674. The van der Waals surface area contributed by atoms with Crippen LogP contribution in [0.3, 0.4) is 0 Å². The molecule has 3 nitrogen and oxygen atoms in total. The fourth-order valence-corrected chi connectivity index (χ4v) is 0.922. The Morgan fingerprint density at radius 2 is 2.25 bits per heavy atom. The lowest BCUT2D eigenvalue weighted by molar-refractivity contribution is 0.0940. The van der Waals surface area contributed by atoms with Gasteiger partial charge in [-0.25, -0.2) is 0 Å². The molecule has 0 radical (unpaired) electrons. The average Bonchev–Trinajstić information content (AvgIpc) is 2.04. The van der Waals surface area contributed by atoms with Crippen LogP contribution in [0.5, 0.6) is 0 Å². The van der Waals surface area contributed by atoms with Crippen LogP contribution >= 0.6 is 0 Å². The number of nitrogen functional groups attached to an aromatic ring is 1. The zero-order valence-corrected chi connectivity index (χ0v) is 7.24. The number of ketones is 1. The zero-order chi connectivity index (χ0) is 9.14. The fourth-order valence-electron chi connectivity index (χ4n) is 0.922. The van der Waals surface area contributed by atoms with Gasteiger partial charge in [-0.05, 0) is 6.07 Å². The zero-order valence-electron chi connectivity index (χ0n) is 7.24. The summed E-state index contributed by atoms with van der Waals surface area (Å²) in [5.74, 6) is 0.0112. The third kappa shape index (κ3) is 1.61. The number of hydrogen-bond acceptors (Lipinski definition) is 3. The third-order valence-corrected chi connectivity index (χ3v) is 1.64. The van der Waals surface area contributed by atoms with Gasteiger partial charge < -0.3 is 5.73 Å². The molecule has 1 heterocycles. The van der Waals surface area contributed by atoms with Gasteiger partial charge in [0.05, 0.1) is 5.56 Å². The van der Waals surface area contributed by atoms with Gasteiger partial charge in [0.15, 0.2) is 5.78 Å². The summed E-state index contributed by atoms with van der Waals surface area (Å²) in [5.41, 5.74) is 6.62. The van der Waals surface area contributed by atoms with Crippen LogP contribution in [0.25, 0.3) is 0 Å². The van der Waals surface area contributed by atoms with Crippen LogP contribution in [0.15, 0.2) is 18.5 Å². The number of carbonyl (C=O) groups is 1. The van der Waals surface area contributed by atoms with E-state index in [9.17, 15) is 4.79 Å². The first kappa shape index (κ1) is 8.71. The summed E-state index contributed by atoms with van der Waals surface area (Å²) >= 11 is 0. The molecule has 3 heteroatoms. The fraction of sp³-hybridized carbons (Fsp3) is 0.333. The normalized spacial score (nSPS) is 10.2. The first-order chi connectivity index (χ1) is 5.63. The summed E-state index contributed by atoms with van der Waals surface area (Å²) in [4.78, 5) is 15.3. The Bertz CT molecular complexity index is 294. The SMILES string of the molecule is CC(C)C(=O)c1cnccc1N. The van der Waals surface area contributed by atoms with Gasteiger partial charge in [0.1, 0.15) is 0 Å². The summed E-state index contributed by atoms with van der Waals surface area (Å²) in [6.07, 6.45) is 3.09. The van der Waals surface area contributed by atoms with Gasteiger partial charge in [0.2, 0.25) is 0 Å². The molecular formula is C9H12N2O. The van der Waals surface area contributed by atoms with Gasteiger partial charge in [-0.2, -0.15) is 0 Å². The maximum absolute atomic E-state index is 11.4. The minimum absolute atomic E-state index is 0.0310. The Kier molecular flexibility index (Phi) is 2.43. The third-order valence-electron chi connectivity index (χ3n) is 1.64. The molecule has 0 atom stereocenters. The second-order valence-corrected chi connectivity index (χ2v) is 2.98. The predicted octanol–water partition coefficient (Wildman–Crippen LogP) is 1.50. The van der Waals surface area contributed by atoms with Crippen LogP contribution in [-0.2, 0) is 0 Å². The van der Waals surface area contributed by atoms with Crippen molar-refractivity contribution in [2.45, 2.75) is 13.8 Å². The molecule has 12 heavy (non-hydrogen) atoms. The molecule has 0 bridgehead atoms. The number of pyridine rings is 1. The number of rotatable bonds is 2. The number of nitrogens with zero attached hydrogens (tertiary/aromatic N) is 1. The van der Waals surface area contributed by atoms with E-state index in [1.54, 1.807) is 12.3 Å². The van der Waals surface area contributed by atoms with E-state index in [1.165, 1.54) is 6.20 Å². The average molecular weight is 164 g/mol. The largest absolute Gasteiger partial charge is 0.398 e. The molecule has 64 valence electrons. The highest BCUT2D eigenvalue weighted by Gasteiger charge is 2.12. The second-order valence-electron chi connectivity index (χ2n) is 2.98. The van der Waals surface area contributed by atoms with Crippen molar-refractivity contribution in [1.29, 1.82) is 0 Å². The monoisotopic (exact) mass is 164 g/mol. The van der Waals surface area contributed by atoms with Gasteiger partial charge in [-0.1, -0.05) is 13.8 Å². The van der Waals surface area contributed by atoms with Crippen LogP contribution < -0.4 is 5.73 Å². The maximum atomic E-state index is 11.4. The minimum atomic E-state index is -0.0310. The number of anilines is 1. The van der Waals surface area contributed by atoms with Gasteiger partial charge in [0, 0.05) is 24.0 Å². The molecule has 0 aliphatic rings. The number of carbonyl (C=O) groups excluding carboxylic acids is 1. The lowest BCUT2D eigenvalue weighted by Crippen LogP contribution is -2.10. The van der Waals surface area contributed by atoms with E-state index in [4.69, 9.17) is 5.73 Å². The van der Waals surface area contributed by atoms with Crippen LogP contribution in [0, 0.1) is 5.92 Å². The van der Waals surface area contributed by atoms with Crippen LogP contribution in [0.2, 0.25) is 0 Å². The Morgan fingerprint density at radius 3 is 2.75 bits per heavy atom. The Balaban J connectivity index is 3.03. The van der Waals surface area contributed by atoms with Crippen molar-refractivity contribution in [3.05, 3.63) is 24.0 Å². The molecule has 0 aliphatic carbocycles. The van der Waals surface area contributed by atoms with Crippen LogP contribution in [0.1, 0.15) is 24.2 Å². The number of nitrogens with two attached hydrogens (primary N) is 1. The molecule has 1 aromatic rings. The standard InChI is InChI=1S/C9H12N2O/c1-6(2)9(12)7-5-11-4-3-8(7)10/h3-6H,1-2H3,(H2,10,11). The van der Waals surface area contributed by atoms with E-state index >= 15 is 0 Å². The van der Waals surface area contributed by atoms with Crippen LogP contribution in [-0.4, -0.2) is 10.8 Å². The Morgan fingerprint density at radius 1 is 1.58 bits per heavy atom. The Hall–Kier alpha value is -1.38. The maximum Gasteiger partial charge on any atom is 0.169 e. The van der Waals surface area contributed by atoms with Gasteiger partial charge >= 0.3 is 0 Å². The highest BCUT2D eigenvalue weighted by molar-refractivity contribution is 6.01. The molecule has 0 aromatic carbocycles. The van der Waals surface area contributed by atoms with Gasteiger partial charge in [-0.3, -0.25) is 9.78 Å².